The smallest absolute Gasteiger partial charge is 0.234 e. The molecule has 1 N–H and O–H groups in total. The third kappa shape index (κ3) is 5.81. The van der Waals surface area contributed by atoms with Crippen molar-refractivity contribution in [2.24, 2.45) is 0 Å². The molecule has 0 aliphatic carbocycles. The summed E-state index contributed by atoms with van der Waals surface area (Å²) in [5, 5.41) is 2.90. The van der Waals surface area contributed by atoms with Crippen molar-refractivity contribution >= 4 is 23.4 Å². The monoisotopic (exact) mass is 345 g/mol. The molecule has 0 bridgehead atoms. The molecular formula is C19H23NO3S. The number of carbonyl (C=O) groups excluding carboxylic acids is 1. The first-order valence-corrected chi connectivity index (χ1v) is 9.19. The molecule has 0 fully saturated rings. The lowest BCUT2D eigenvalue weighted by Gasteiger charge is -2.13. The third-order valence-electron chi connectivity index (χ3n) is 3.17. The number of benzene rings is 2. The largest absolute Gasteiger partial charge is 0.490 e. The van der Waals surface area contributed by atoms with Gasteiger partial charge in [-0.2, -0.15) is 0 Å². The SMILES string of the molecule is CCOc1ccc(NC(=O)CSCc2ccccc2)cc1OCC. The van der Waals surface area contributed by atoms with Crippen LogP contribution in [0.4, 0.5) is 5.69 Å². The number of ether oxygens (including phenoxy) is 2. The van der Waals surface area contributed by atoms with Crippen molar-refractivity contribution in [3.05, 3.63) is 54.1 Å². The van der Waals surface area contributed by atoms with E-state index in [1.54, 1.807) is 17.8 Å². The van der Waals surface area contributed by atoms with E-state index >= 15 is 0 Å². The molecule has 2 aromatic rings. The van der Waals surface area contributed by atoms with Crippen molar-refractivity contribution in [1.29, 1.82) is 0 Å². The lowest BCUT2D eigenvalue weighted by Crippen LogP contribution is -2.14. The number of thioether (sulfide) groups is 1. The van der Waals surface area contributed by atoms with E-state index in [0.29, 0.717) is 36.2 Å². The molecule has 2 aromatic carbocycles. The van der Waals surface area contributed by atoms with Crippen LogP contribution in [0, 0.1) is 0 Å². The number of anilines is 1. The van der Waals surface area contributed by atoms with Gasteiger partial charge in [0.1, 0.15) is 0 Å². The summed E-state index contributed by atoms with van der Waals surface area (Å²) in [5.41, 5.74) is 1.93. The summed E-state index contributed by atoms with van der Waals surface area (Å²) in [7, 11) is 0. The van der Waals surface area contributed by atoms with Gasteiger partial charge in [0.2, 0.25) is 5.91 Å². The van der Waals surface area contributed by atoms with Crippen LogP contribution in [0.5, 0.6) is 11.5 Å². The van der Waals surface area contributed by atoms with Gasteiger partial charge in [-0.25, -0.2) is 0 Å². The molecule has 0 aliphatic heterocycles. The number of rotatable bonds is 9. The van der Waals surface area contributed by atoms with Gasteiger partial charge >= 0.3 is 0 Å². The molecule has 0 heterocycles. The molecule has 0 aromatic heterocycles. The maximum Gasteiger partial charge on any atom is 0.234 e. The van der Waals surface area contributed by atoms with E-state index in [-0.39, 0.29) is 5.91 Å². The fraction of sp³-hybridized carbons (Fsp3) is 0.316. The van der Waals surface area contributed by atoms with Crippen LogP contribution < -0.4 is 14.8 Å². The summed E-state index contributed by atoms with van der Waals surface area (Å²) in [6, 6.07) is 15.6. The molecule has 0 saturated carbocycles. The fourth-order valence-electron chi connectivity index (χ4n) is 2.16. The van der Waals surface area contributed by atoms with Crippen LogP contribution in [0.25, 0.3) is 0 Å². The summed E-state index contributed by atoms with van der Waals surface area (Å²) >= 11 is 1.59. The van der Waals surface area contributed by atoms with Crippen LogP contribution in [0.3, 0.4) is 0 Å². The van der Waals surface area contributed by atoms with E-state index in [1.165, 1.54) is 5.56 Å². The van der Waals surface area contributed by atoms with Crippen LogP contribution >= 0.6 is 11.8 Å². The first-order chi connectivity index (χ1) is 11.7. The second-order valence-electron chi connectivity index (χ2n) is 5.05. The lowest BCUT2D eigenvalue weighted by atomic mass is 10.2. The zero-order chi connectivity index (χ0) is 17.2. The predicted molar refractivity (Wildman–Crippen MR) is 100 cm³/mol. The third-order valence-corrected chi connectivity index (χ3v) is 4.18. The summed E-state index contributed by atoms with van der Waals surface area (Å²) in [6.45, 7) is 4.96. The number of nitrogens with one attached hydrogen (secondary N) is 1. The highest BCUT2D eigenvalue weighted by atomic mass is 32.2. The molecule has 0 atom stereocenters. The van der Waals surface area contributed by atoms with Crippen LogP contribution in [-0.4, -0.2) is 24.9 Å². The number of hydrogen-bond donors (Lipinski definition) is 1. The Bertz CT molecular complexity index is 646. The summed E-state index contributed by atoms with van der Waals surface area (Å²) in [5.74, 6) is 2.54. The minimum absolute atomic E-state index is 0.0254. The Morgan fingerprint density at radius 3 is 2.42 bits per heavy atom. The Morgan fingerprint density at radius 1 is 1.00 bits per heavy atom. The highest BCUT2D eigenvalue weighted by molar-refractivity contribution is 7.99. The van der Waals surface area contributed by atoms with E-state index < -0.39 is 0 Å². The van der Waals surface area contributed by atoms with Gasteiger partial charge < -0.3 is 14.8 Å². The van der Waals surface area contributed by atoms with Crippen molar-refractivity contribution in [3.8, 4) is 11.5 Å². The first kappa shape index (κ1) is 18.2. The Kier molecular flexibility index (Phi) is 7.49. The zero-order valence-electron chi connectivity index (χ0n) is 14.1. The van der Waals surface area contributed by atoms with Crippen LogP contribution in [0.15, 0.2) is 48.5 Å². The number of amides is 1. The minimum Gasteiger partial charge on any atom is -0.490 e. The van der Waals surface area contributed by atoms with E-state index in [1.807, 2.05) is 44.2 Å². The Hall–Kier alpha value is -2.14. The maximum absolute atomic E-state index is 12.1. The van der Waals surface area contributed by atoms with E-state index in [0.717, 1.165) is 5.75 Å². The summed E-state index contributed by atoms with van der Waals surface area (Å²) in [6.07, 6.45) is 0. The van der Waals surface area contributed by atoms with E-state index in [9.17, 15) is 4.79 Å². The second-order valence-corrected chi connectivity index (χ2v) is 6.04. The average molecular weight is 345 g/mol. The van der Waals surface area contributed by atoms with Gasteiger partial charge in [-0.05, 0) is 31.5 Å². The van der Waals surface area contributed by atoms with E-state index in [2.05, 4.69) is 17.4 Å². The van der Waals surface area contributed by atoms with Crippen LogP contribution in [0.2, 0.25) is 0 Å². The summed E-state index contributed by atoms with van der Waals surface area (Å²) < 4.78 is 11.1. The highest BCUT2D eigenvalue weighted by Gasteiger charge is 2.08. The average Bonchev–Trinajstić information content (AvgIpc) is 2.58. The molecule has 4 nitrogen and oxygen atoms in total. The van der Waals surface area contributed by atoms with Crippen molar-refractivity contribution < 1.29 is 14.3 Å². The molecule has 0 unspecified atom stereocenters. The van der Waals surface area contributed by atoms with E-state index in [4.69, 9.17) is 9.47 Å². The quantitative estimate of drug-likeness (QED) is 0.734. The normalized spacial score (nSPS) is 10.2. The topological polar surface area (TPSA) is 47.6 Å². The van der Waals surface area contributed by atoms with Crippen LogP contribution in [0.1, 0.15) is 19.4 Å². The molecule has 5 heteroatoms. The standard InChI is InChI=1S/C19H23NO3S/c1-3-22-17-11-10-16(12-18(17)23-4-2)20-19(21)14-24-13-15-8-6-5-7-9-15/h5-12H,3-4,13-14H2,1-2H3,(H,20,21). The molecule has 128 valence electrons. The molecule has 1 amide bonds. The first-order valence-electron chi connectivity index (χ1n) is 8.04. The zero-order valence-corrected chi connectivity index (χ0v) is 14.9. The minimum atomic E-state index is -0.0254. The van der Waals surface area contributed by atoms with Crippen molar-refractivity contribution in [3.63, 3.8) is 0 Å². The highest BCUT2D eigenvalue weighted by Crippen LogP contribution is 2.30. The van der Waals surface area contributed by atoms with Gasteiger partial charge in [0, 0.05) is 17.5 Å². The van der Waals surface area contributed by atoms with Gasteiger partial charge in [0.25, 0.3) is 0 Å². The molecule has 0 radical (unpaired) electrons. The number of carbonyl (C=O) groups is 1. The van der Waals surface area contributed by atoms with Crippen molar-refractivity contribution in [2.75, 3.05) is 24.3 Å². The van der Waals surface area contributed by atoms with Gasteiger partial charge in [0.05, 0.1) is 19.0 Å². The van der Waals surface area contributed by atoms with Gasteiger partial charge in [0.15, 0.2) is 11.5 Å². The lowest BCUT2D eigenvalue weighted by molar-refractivity contribution is -0.113. The van der Waals surface area contributed by atoms with Crippen molar-refractivity contribution in [1.82, 2.24) is 0 Å². The predicted octanol–water partition coefficient (Wildman–Crippen LogP) is 4.36. The van der Waals surface area contributed by atoms with Crippen molar-refractivity contribution in [2.45, 2.75) is 19.6 Å². The molecular weight excluding hydrogens is 322 g/mol. The molecule has 2 rings (SSSR count). The summed E-state index contributed by atoms with van der Waals surface area (Å²) in [4.78, 5) is 12.1. The Morgan fingerprint density at radius 2 is 1.71 bits per heavy atom. The molecule has 0 saturated heterocycles. The maximum atomic E-state index is 12.1. The number of hydrogen-bond acceptors (Lipinski definition) is 4. The van der Waals surface area contributed by atoms with Crippen LogP contribution in [-0.2, 0) is 10.5 Å². The molecule has 0 spiro atoms. The molecule has 24 heavy (non-hydrogen) atoms. The second kappa shape index (κ2) is 9.88. The Balaban J connectivity index is 1.87. The van der Waals surface area contributed by atoms with Gasteiger partial charge in [-0.3, -0.25) is 4.79 Å². The van der Waals surface area contributed by atoms with Gasteiger partial charge in [-0.1, -0.05) is 30.3 Å². The van der Waals surface area contributed by atoms with Gasteiger partial charge in [-0.15, -0.1) is 11.8 Å². The fourth-order valence-corrected chi connectivity index (χ4v) is 2.95. The molecule has 0 aliphatic rings. The Labute approximate surface area is 147 Å².